The monoisotopic (exact) mass is 280 g/mol. The van der Waals surface area contributed by atoms with Gasteiger partial charge in [-0.05, 0) is 38.0 Å². The number of carbonyl (C=O) groups excluding carboxylic acids is 2. The van der Waals surface area contributed by atoms with Gasteiger partial charge in [-0.2, -0.15) is 0 Å². The lowest BCUT2D eigenvalue weighted by molar-refractivity contribution is -0.138. The normalized spacial score (nSPS) is 10.8. The lowest BCUT2D eigenvalue weighted by Gasteiger charge is -2.07. The Hall–Kier alpha value is -2.21. The molecule has 1 aromatic carbocycles. The van der Waals surface area contributed by atoms with E-state index in [-0.39, 0.29) is 12.3 Å². The molecule has 1 atom stereocenters. The minimum Gasteiger partial charge on any atom is -0.480 e. The highest BCUT2D eigenvalue weighted by molar-refractivity contribution is 5.94. The highest BCUT2D eigenvalue weighted by atomic mass is 16.4. The zero-order valence-electron chi connectivity index (χ0n) is 11.6. The van der Waals surface area contributed by atoms with Crippen molar-refractivity contribution in [3.8, 4) is 0 Å². The second-order valence-electron chi connectivity index (χ2n) is 3.94. The van der Waals surface area contributed by atoms with Crippen LogP contribution >= 0.6 is 0 Å². The van der Waals surface area contributed by atoms with Crippen LogP contribution < -0.4 is 11.1 Å². The zero-order valence-corrected chi connectivity index (χ0v) is 11.6. The number of carboxylic acids is 1. The van der Waals surface area contributed by atoms with Crippen molar-refractivity contribution < 1.29 is 19.5 Å². The summed E-state index contributed by atoms with van der Waals surface area (Å²) in [6.07, 6.45) is 1.00. The number of rotatable bonds is 5. The predicted molar refractivity (Wildman–Crippen MR) is 75.5 cm³/mol. The van der Waals surface area contributed by atoms with E-state index < -0.39 is 12.0 Å². The molecule has 6 nitrogen and oxygen atoms in total. The van der Waals surface area contributed by atoms with Crippen LogP contribution in [0.5, 0.6) is 0 Å². The fraction of sp³-hybridized carbons (Fsp3) is 0.357. The van der Waals surface area contributed by atoms with Gasteiger partial charge in [-0.3, -0.25) is 9.59 Å². The van der Waals surface area contributed by atoms with Crippen molar-refractivity contribution in [3.63, 3.8) is 0 Å². The summed E-state index contributed by atoms with van der Waals surface area (Å²) in [5.41, 5.74) is 6.77. The van der Waals surface area contributed by atoms with E-state index in [1.807, 2.05) is 6.92 Å². The third-order valence-electron chi connectivity index (χ3n) is 2.33. The number of nitrogens with one attached hydrogen (secondary N) is 1. The van der Waals surface area contributed by atoms with Crippen LogP contribution in [0.1, 0.15) is 29.8 Å². The van der Waals surface area contributed by atoms with Crippen LogP contribution in [0.25, 0.3) is 0 Å². The van der Waals surface area contributed by atoms with Crippen LogP contribution in [0.2, 0.25) is 0 Å². The first-order valence-corrected chi connectivity index (χ1v) is 6.21. The van der Waals surface area contributed by atoms with Gasteiger partial charge in [0.1, 0.15) is 12.3 Å². The Balaban J connectivity index is 0.00000110. The molecule has 0 aliphatic carbocycles. The van der Waals surface area contributed by atoms with E-state index in [0.717, 1.165) is 11.8 Å². The largest absolute Gasteiger partial charge is 0.480 e. The molecule has 20 heavy (non-hydrogen) atoms. The van der Waals surface area contributed by atoms with Crippen LogP contribution in [0.4, 0.5) is 0 Å². The SMILES string of the molecule is CC=O.CCNC(=O)c1ccc(CC(N)C(=O)O)cc1. The number of amides is 1. The van der Waals surface area contributed by atoms with Gasteiger partial charge in [0.2, 0.25) is 0 Å². The van der Waals surface area contributed by atoms with Crippen LogP contribution in [-0.4, -0.2) is 35.9 Å². The summed E-state index contributed by atoms with van der Waals surface area (Å²) >= 11 is 0. The molecule has 0 aliphatic heterocycles. The third-order valence-corrected chi connectivity index (χ3v) is 2.33. The molecule has 0 spiro atoms. The van der Waals surface area contributed by atoms with E-state index in [1.165, 1.54) is 6.92 Å². The molecule has 1 unspecified atom stereocenters. The summed E-state index contributed by atoms with van der Waals surface area (Å²) in [5, 5.41) is 11.3. The number of aliphatic carboxylic acids is 1. The first-order chi connectivity index (χ1) is 9.46. The van der Waals surface area contributed by atoms with Crippen molar-refractivity contribution in [1.82, 2.24) is 5.32 Å². The maximum atomic E-state index is 11.5. The Morgan fingerprint density at radius 1 is 1.35 bits per heavy atom. The molecule has 110 valence electrons. The molecule has 0 heterocycles. The van der Waals surface area contributed by atoms with Crippen molar-refractivity contribution >= 4 is 18.2 Å². The molecular formula is C14H20N2O4. The van der Waals surface area contributed by atoms with Crippen molar-refractivity contribution in [2.24, 2.45) is 5.73 Å². The molecule has 4 N–H and O–H groups in total. The molecule has 0 saturated heterocycles. The Morgan fingerprint density at radius 2 is 1.85 bits per heavy atom. The van der Waals surface area contributed by atoms with E-state index in [1.54, 1.807) is 24.3 Å². The molecule has 1 rings (SSSR count). The number of carboxylic acid groups (broad SMARTS) is 1. The highest BCUT2D eigenvalue weighted by Crippen LogP contribution is 2.06. The van der Waals surface area contributed by atoms with Crippen LogP contribution in [-0.2, 0) is 16.0 Å². The van der Waals surface area contributed by atoms with Crippen LogP contribution in [0.3, 0.4) is 0 Å². The van der Waals surface area contributed by atoms with E-state index in [4.69, 9.17) is 15.6 Å². The van der Waals surface area contributed by atoms with Gasteiger partial charge in [-0.15, -0.1) is 0 Å². The van der Waals surface area contributed by atoms with Gasteiger partial charge in [0.25, 0.3) is 5.91 Å². The lowest BCUT2D eigenvalue weighted by Crippen LogP contribution is -2.32. The zero-order chi connectivity index (χ0) is 15.5. The molecule has 0 saturated carbocycles. The minimum absolute atomic E-state index is 0.137. The maximum absolute atomic E-state index is 11.5. The summed E-state index contributed by atoms with van der Waals surface area (Å²) in [4.78, 5) is 30.8. The average molecular weight is 280 g/mol. The number of aldehydes is 1. The fourth-order valence-corrected chi connectivity index (χ4v) is 1.40. The predicted octanol–water partition coefficient (Wildman–Crippen LogP) is 0.596. The van der Waals surface area contributed by atoms with E-state index >= 15 is 0 Å². The topological polar surface area (TPSA) is 109 Å². The van der Waals surface area contributed by atoms with Gasteiger partial charge >= 0.3 is 5.97 Å². The van der Waals surface area contributed by atoms with Gasteiger partial charge in [0, 0.05) is 12.1 Å². The molecule has 6 heteroatoms. The smallest absolute Gasteiger partial charge is 0.320 e. The van der Waals surface area contributed by atoms with Crippen molar-refractivity contribution in [3.05, 3.63) is 35.4 Å². The quantitative estimate of drug-likeness (QED) is 0.684. The lowest BCUT2D eigenvalue weighted by atomic mass is 10.0. The second kappa shape index (κ2) is 9.69. The molecule has 0 radical (unpaired) electrons. The Labute approximate surface area is 118 Å². The summed E-state index contributed by atoms with van der Waals surface area (Å²) in [6.45, 7) is 3.86. The molecule has 0 aromatic heterocycles. The average Bonchev–Trinajstić information content (AvgIpc) is 2.40. The van der Waals surface area contributed by atoms with Gasteiger partial charge in [0.05, 0.1) is 0 Å². The summed E-state index contributed by atoms with van der Waals surface area (Å²) in [7, 11) is 0. The highest BCUT2D eigenvalue weighted by Gasteiger charge is 2.12. The van der Waals surface area contributed by atoms with Crippen molar-refractivity contribution in [1.29, 1.82) is 0 Å². The summed E-state index contributed by atoms with van der Waals surface area (Å²) < 4.78 is 0. The second-order valence-corrected chi connectivity index (χ2v) is 3.94. The maximum Gasteiger partial charge on any atom is 0.320 e. The number of hydrogen-bond acceptors (Lipinski definition) is 4. The summed E-state index contributed by atoms with van der Waals surface area (Å²) in [5.74, 6) is -1.17. The minimum atomic E-state index is -1.03. The van der Waals surface area contributed by atoms with Gasteiger partial charge in [0.15, 0.2) is 0 Å². The van der Waals surface area contributed by atoms with Gasteiger partial charge < -0.3 is 21.0 Å². The fourth-order valence-electron chi connectivity index (χ4n) is 1.40. The molecule has 0 bridgehead atoms. The molecule has 1 aromatic rings. The Morgan fingerprint density at radius 3 is 2.25 bits per heavy atom. The third kappa shape index (κ3) is 6.65. The van der Waals surface area contributed by atoms with E-state index in [2.05, 4.69) is 5.32 Å². The molecule has 0 fully saturated rings. The van der Waals surface area contributed by atoms with Crippen molar-refractivity contribution in [2.45, 2.75) is 26.3 Å². The number of hydrogen-bond donors (Lipinski definition) is 3. The first-order valence-electron chi connectivity index (χ1n) is 6.21. The van der Waals surface area contributed by atoms with Crippen LogP contribution in [0, 0.1) is 0 Å². The van der Waals surface area contributed by atoms with Gasteiger partial charge in [-0.1, -0.05) is 12.1 Å². The van der Waals surface area contributed by atoms with Gasteiger partial charge in [-0.25, -0.2) is 0 Å². The Kier molecular flexibility index (Phi) is 8.61. The Bertz CT molecular complexity index is 443. The van der Waals surface area contributed by atoms with E-state index in [9.17, 15) is 9.59 Å². The number of nitrogens with two attached hydrogens (primary N) is 1. The standard InChI is InChI=1S/C12H16N2O3.C2H4O/c1-2-14-11(15)9-5-3-8(4-6-9)7-10(13)12(16)17;1-2-3/h3-6,10H,2,7,13H2,1H3,(H,14,15)(H,16,17);2H,1H3. The molecule has 0 aliphatic rings. The van der Waals surface area contributed by atoms with Crippen molar-refractivity contribution in [2.75, 3.05) is 6.54 Å². The summed E-state index contributed by atoms with van der Waals surface area (Å²) in [6, 6.07) is 5.84. The molecular weight excluding hydrogens is 260 g/mol. The number of carbonyl (C=O) groups is 3. The number of benzene rings is 1. The molecule has 1 amide bonds. The first kappa shape index (κ1) is 17.8. The van der Waals surface area contributed by atoms with E-state index in [0.29, 0.717) is 12.1 Å². The van der Waals surface area contributed by atoms with Crippen LogP contribution in [0.15, 0.2) is 24.3 Å².